The average Bonchev–Trinajstić information content (AvgIpc) is 3.05. The van der Waals surface area contributed by atoms with Crippen molar-refractivity contribution >= 4 is 5.91 Å². The Labute approximate surface area is 161 Å². The first kappa shape index (κ1) is 20.3. The number of aromatic nitrogens is 3. The van der Waals surface area contributed by atoms with E-state index in [1.54, 1.807) is 11.8 Å². The SMILES string of the molecule is CC(C)c1c(C(=O)N2CCCC(C)(O)C2)cnn1-c1ccc(C(F)(F)F)cn1. The van der Waals surface area contributed by atoms with Gasteiger partial charge >= 0.3 is 6.18 Å². The van der Waals surface area contributed by atoms with Gasteiger partial charge in [-0.2, -0.15) is 18.3 Å². The van der Waals surface area contributed by atoms with Gasteiger partial charge < -0.3 is 10.0 Å². The Morgan fingerprint density at radius 2 is 2.00 bits per heavy atom. The van der Waals surface area contributed by atoms with E-state index in [9.17, 15) is 23.1 Å². The van der Waals surface area contributed by atoms with E-state index in [1.807, 2.05) is 13.8 Å². The number of alkyl halides is 3. The molecular weight excluding hydrogens is 373 g/mol. The molecule has 0 aromatic carbocycles. The lowest BCUT2D eigenvalue weighted by atomic mass is 9.94. The number of pyridine rings is 1. The van der Waals surface area contributed by atoms with Crippen molar-refractivity contribution < 1.29 is 23.1 Å². The van der Waals surface area contributed by atoms with Gasteiger partial charge in [0.25, 0.3) is 5.91 Å². The molecule has 9 heteroatoms. The standard InChI is InChI=1S/C19H23F3N4O2/c1-12(2)16-14(17(27)25-8-4-7-18(3,28)11-25)10-24-26(16)15-6-5-13(9-23-15)19(20,21)22/h5-6,9-10,12,28H,4,7-8,11H2,1-3H3. The van der Waals surface area contributed by atoms with Crippen LogP contribution in [0.4, 0.5) is 13.2 Å². The fraction of sp³-hybridized carbons (Fsp3) is 0.526. The summed E-state index contributed by atoms with van der Waals surface area (Å²) in [5.74, 6) is -0.154. The highest BCUT2D eigenvalue weighted by molar-refractivity contribution is 5.95. The van der Waals surface area contributed by atoms with E-state index in [0.717, 1.165) is 12.3 Å². The Morgan fingerprint density at radius 3 is 2.54 bits per heavy atom. The van der Waals surface area contributed by atoms with E-state index < -0.39 is 17.3 Å². The number of rotatable bonds is 3. The van der Waals surface area contributed by atoms with E-state index in [2.05, 4.69) is 10.1 Å². The molecule has 1 N–H and O–H groups in total. The molecule has 2 aromatic rings. The van der Waals surface area contributed by atoms with Gasteiger partial charge in [-0.1, -0.05) is 13.8 Å². The Hall–Kier alpha value is -2.42. The van der Waals surface area contributed by atoms with Gasteiger partial charge in [-0.25, -0.2) is 9.67 Å². The zero-order chi connectivity index (χ0) is 20.7. The topological polar surface area (TPSA) is 71.2 Å². The largest absolute Gasteiger partial charge is 0.417 e. The zero-order valence-corrected chi connectivity index (χ0v) is 16.0. The minimum absolute atomic E-state index is 0.115. The van der Waals surface area contributed by atoms with Crippen molar-refractivity contribution in [3.05, 3.63) is 41.3 Å². The molecular formula is C19H23F3N4O2. The predicted molar refractivity (Wildman–Crippen MR) is 96.2 cm³/mol. The molecule has 1 unspecified atom stereocenters. The number of piperidine rings is 1. The maximum Gasteiger partial charge on any atom is 0.417 e. The molecule has 0 bridgehead atoms. The molecule has 3 heterocycles. The van der Waals surface area contributed by atoms with Crippen molar-refractivity contribution in [1.29, 1.82) is 0 Å². The van der Waals surface area contributed by atoms with Crippen LogP contribution in [0.25, 0.3) is 5.82 Å². The Balaban J connectivity index is 1.95. The number of carbonyl (C=O) groups excluding carboxylic acids is 1. The summed E-state index contributed by atoms with van der Waals surface area (Å²) in [4.78, 5) is 18.5. The number of halogens is 3. The number of likely N-dealkylation sites (tertiary alicyclic amines) is 1. The summed E-state index contributed by atoms with van der Waals surface area (Å²) in [6.45, 7) is 6.22. The molecule has 1 fully saturated rings. The first-order chi connectivity index (χ1) is 13.0. The molecule has 0 aliphatic carbocycles. The number of amides is 1. The molecule has 3 rings (SSSR count). The van der Waals surface area contributed by atoms with Crippen molar-refractivity contribution in [1.82, 2.24) is 19.7 Å². The van der Waals surface area contributed by atoms with Gasteiger partial charge in [0.05, 0.1) is 28.6 Å². The van der Waals surface area contributed by atoms with E-state index in [1.165, 1.54) is 16.9 Å². The Morgan fingerprint density at radius 1 is 1.29 bits per heavy atom. The van der Waals surface area contributed by atoms with Crippen LogP contribution in [0.1, 0.15) is 61.1 Å². The van der Waals surface area contributed by atoms with E-state index in [4.69, 9.17) is 0 Å². The summed E-state index contributed by atoms with van der Waals surface area (Å²) in [6, 6.07) is 2.18. The summed E-state index contributed by atoms with van der Waals surface area (Å²) in [7, 11) is 0. The summed E-state index contributed by atoms with van der Waals surface area (Å²) >= 11 is 0. The maximum atomic E-state index is 13.0. The summed E-state index contributed by atoms with van der Waals surface area (Å²) < 4.78 is 39.7. The molecule has 1 amide bonds. The van der Waals surface area contributed by atoms with Crippen molar-refractivity contribution in [3.63, 3.8) is 0 Å². The Kier molecular flexibility index (Phi) is 5.22. The lowest BCUT2D eigenvalue weighted by Gasteiger charge is -2.36. The third-order valence-electron chi connectivity index (χ3n) is 4.84. The van der Waals surface area contributed by atoms with Crippen LogP contribution in [0, 0.1) is 0 Å². The summed E-state index contributed by atoms with van der Waals surface area (Å²) in [5.41, 5.74) is -0.838. The van der Waals surface area contributed by atoms with Gasteiger partial charge in [0.2, 0.25) is 0 Å². The number of aliphatic hydroxyl groups is 1. The first-order valence-electron chi connectivity index (χ1n) is 9.13. The quantitative estimate of drug-likeness (QED) is 0.863. The maximum absolute atomic E-state index is 13.0. The molecule has 28 heavy (non-hydrogen) atoms. The van der Waals surface area contributed by atoms with Gasteiger partial charge in [0, 0.05) is 19.3 Å². The van der Waals surface area contributed by atoms with Crippen LogP contribution in [0.5, 0.6) is 0 Å². The fourth-order valence-electron chi connectivity index (χ4n) is 3.50. The number of nitrogens with zero attached hydrogens (tertiary/aromatic N) is 4. The van der Waals surface area contributed by atoms with Gasteiger partial charge in [-0.15, -0.1) is 0 Å². The molecule has 1 atom stereocenters. The molecule has 0 spiro atoms. The first-order valence-corrected chi connectivity index (χ1v) is 9.13. The van der Waals surface area contributed by atoms with Crippen molar-refractivity contribution in [2.45, 2.75) is 51.3 Å². The van der Waals surface area contributed by atoms with Crippen LogP contribution >= 0.6 is 0 Å². The summed E-state index contributed by atoms with van der Waals surface area (Å²) in [6.07, 6.45) is -0.972. The van der Waals surface area contributed by atoms with E-state index >= 15 is 0 Å². The third kappa shape index (κ3) is 4.04. The number of carbonyl (C=O) groups is 1. The number of hydrogen-bond acceptors (Lipinski definition) is 4. The lowest BCUT2D eigenvalue weighted by Crippen LogP contribution is -2.48. The highest BCUT2D eigenvalue weighted by Gasteiger charge is 2.34. The molecule has 152 valence electrons. The minimum Gasteiger partial charge on any atom is -0.388 e. The number of hydrogen-bond donors (Lipinski definition) is 1. The summed E-state index contributed by atoms with van der Waals surface area (Å²) in [5, 5.41) is 14.5. The fourth-order valence-corrected chi connectivity index (χ4v) is 3.50. The van der Waals surface area contributed by atoms with Crippen molar-refractivity contribution in [3.8, 4) is 5.82 Å². The van der Waals surface area contributed by atoms with Gasteiger partial charge in [-0.05, 0) is 37.8 Å². The second kappa shape index (κ2) is 7.20. The molecule has 2 aromatic heterocycles. The lowest BCUT2D eigenvalue weighted by molar-refractivity contribution is -0.137. The van der Waals surface area contributed by atoms with Gasteiger partial charge in [0.1, 0.15) is 0 Å². The second-order valence-corrected chi connectivity index (χ2v) is 7.74. The van der Waals surface area contributed by atoms with Crippen molar-refractivity contribution in [2.75, 3.05) is 13.1 Å². The molecule has 0 saturated carbocycles. The van der Waals surface area contributed by atoms with E-state index in [-0.39, 0.29) is 24.2 Å². The molecule has 1 aliphatic heterocycles. The van der Waals surface area contributed by atoms with Crippen molar-refractivity contribution in [2.24, 2.45) is 0 Å². The van der Waals surface area contributed by atoms with Crippen LogP contribution in [0.3, 0.4) is 0 Å². The monoisotopic (exact) mass is 396 g/mol. The van der Waals surface area contributed by atoms with Gasteiger partial charge in [0.15, 0.2) is 5.82 Å². The smallest absolute Gasteiger partial charge is 0.388 e. The molecule has 1 aliphatic rings. The zero-order valence-electron chi connectivity index (χ0n) is 16.0. The molecule has 0 radical (unpaired) electrons. The highest BCUT2D eigenvalue weighted by atomic mass is 19.4. The molecule has 1 saturated heterocycles. The van der Waals surface area contributed by atoms with Gasteiger partial charge in [-0.3, -0.25) is 4.79 Å². The normalized spacial score (nSPS) is 20.6. The highest BCUT2D eigenvalue weighted by Crippen LogP contribution is 2.30. The average molecular weight is 396 g/mol. The number of β-amino-alcohol motifs (C(OH)–C–C–N with tert-alkyl or cyclic N) is 1. The second-order valence-electron chi connectivity index (χ2n) is 7.74. The minimum atomic E-state index is -4.47. The predicted octanol–water partition coefficient (Wildman–Crippen LogP) is 3.40. The third-order valence-corrected chi connectivity index (χ3v) is 4.84. The Bertz CT molecular complexity index is 857. The van der Waals surface area contributed by atoms with E-state index in [0.29, 0.717) is 30.6 Å². The van der Waals surface area contributed by atoms with Crippen LogP contribution < -0.4 is 0 Å². The van der Waals surface area contributed by atoms with Crippen LogP contribution in [0.15, 0.2) is 24.5 Å². The van der Waals surface area contributed by atoms with Crippen LogP contribution in [-0.2, 0) is 6.18 Å². The molecule has 6 nitrogen and oxygen atoms in total. The van der Waals surface area contributed by atoms with Crippen LogP contribution in [-0.4, -0.2) is 49.4 Å². The van der Waals surface area contributed by atoms with Crippen LogP contribution in [0.2, 0.25) is 0 Å².